The summed E-state index contributed by atoms with van der Waals surface area (Å²) in [6.07, 6.45) is 3.45. The molecule has 0 heterocycles. The van der Waals surface area contributed by atoms with Crippen LogP contribution in [-0.2, 0) is 23.9 Å². The van der Waals surface area contributed by atoms with E-state index in [9.17, 15) is 23.2 Å². The normalized spacial score (nSPS) is 37.1. The minimum absolute atomic E-state index is 0.165. The first-order valence-electron chi connectivity index (χ1n) is 7.99. The van der Waals surface area contributed by atoms with Crippen LogP contribution >= 0.6 is 0 Å². The van der Waals surface area contributed by atoms with Crippen LogP contribution < -0.4 is 0 Å². The number of ether oxygens (including phenoxy) is 2. The van der Waals surface area contributed by atoms with Gasteiger partial charge in [0.1, 0.15) is 0 Å². The summed E-state index contributed by atoms with van der Waals surface area (Å²) in [7, 11) is 1.30. The second-order valence-corrected chi connectivity index (χ2v) is 7.60. The fourth-order valence-corrected chi connectivity index (χ4v) is 5.33. The summed E-state index contributed by atoms with van der Waals surface area (Å²) in [5.74, 6) is -7.28. The third kappa shape index (κ3) is 2.56. The van der Waals surface area contributed by atoms with Crippen molar-refractivity contribution in [1.29, 1.82) is 0 Å². The van der Waals surface area contributed by atoms with E-state index in [0.29, 0.717) is 25.7 Å². The number of carboxylic acid groups (broad SMARTS) is 1. The molecule has 8 heteroatoms. The standard InChI is InChI=1S/C16H20F2O6/c1-23-12(21)14-3-9-2-10(4-14)6-15(5-9,7-14)13(22)24-8-16(17,18)11(19)20/h9-10H,2-8H2,1H3,(H,19,20). The number of carboxylic acids is 1. The van der Waals surface area contributed by atoms with Crippen molar-refractivity contribution < 1.29 is 37.7 Å². The number of hydrogen-bond donors (Lipinski definition) is 1. The zero-order valence-electron chi connectivity index (χ0n) is 13.3. The fourth-order valence-electron chi connectivity index (χ4n) is 5.33. The van der Waals surface area contributed by atoms with Crippen LogP contribution in [0.4, 0.5) is 8.78 Å². The number of rotatable bonds is 5. The first kappa shape index (κ1) is 17.1. The van der Waals surface area contributed by atoms with Crippen LogP contribution in [0.3, 0.4) is 0 Å². The number of esters is 2. The van der Waals surface area contributed by atoms with Gasteiger partial charge in [0.15, 0.2) is 6.61 Å². The van der Waals surface area contributed by atoms with Gasteiger partial charge in [-0.1, -0.05) is 0 Å². The van der Waals surface area contributed by atoms with Crippen molar-refractivity contribution in [2.24, 2.45) is 22.7 Å². The molecule has 1 N–H and O–H groups in total. The molecule has 0 radical (unpaired) electrons. The Labute approximate surface area is 137 Å². The SMILES string of the molecule is COC(=O)C12CC3CC(C1)CC(C(=O)OCC(F)(F)C(=O)O)(C3)C2. The van der Waals surface area contributed by atoms with E-state index in [1.54, 1.807) is 0 Å². The maximum Gasteiger partial charge on any atom is 0.378 e. The van der Waals surface area contributed by atoms with Gasteiger partial charge in [-0.2, -0.15) is 8.78 Å². The number of carbonyl (C=O) groups is 3. The van der Waals surface area contributed by atoms with Crippen molar-refractivity contribution in [1.82, 2.24) is 0 Å². The van der Waals surface area contributed by atoms with E-state index in [0.717, 1.165) is 6.42 Å². The van der Waals surface area contributed by atoms with E-state index in [1.165, 1.54) is 7.11 Å². The van der Waals surface area contributed by atoms with Crippen molar-refractivity contribution in [3.8, 4) is 0 Å². The Hall–Kier alpha value is -1.73. The molecule has 0 spiro atoms. The maximum absolute atomic E-state index is 13.2. The zero-order chi connectivity index (χ0) is 17.8. The molecule has 4 bridgehead atoms. The predicted octanol–water partition coefficient (Wildman–Crippen LogP) is 2.01. The van der Waals surface area contributed by atoms with Gasteiger partial charge < -0.3 is 14.6 Å². The van der Waals surface area contributed by atoms with Crippen molar-refractivity contribution in [3.05, 3.63) is 0 Å². The molecule has 4 fully saturated rings. The van der Waals surface area contributed by atoms with Crippen molar-refractivity contribution in [3.63, 3.8) is 0 Å². The molecule has 0 aliphatic heterocycles. The Bertz CT molecular complexity index is 573. The van der Waals surface area contributed by atoms with E-state index < -0.39 is 35.3 Å². The molecule has 4 saturated carbocycles. The van der Waals surface area contributed by atoms with Crippen molar-refractivity contribution in [2.75, 3.05) is 13.7 Å². The fraction of sp³-hybridized carbons (Fsp3) is 0.812. The Morgan fingerprint density at radius 1 is 1.08 bits per heavy atom. The van der Waals surface area contributed by atoms with E-state index in [1.807, 2.05) is 0 Å². The largest absolute Gasteiger partial charge is 0.477 e. The van der Waals surface area contributed by atoms with Crippen LogP contribution in [0.25, 0.3) is 0 Å². The molecule has 0 saturated heterocycles. The van der Waals surface area contributed by atoms with Gasteiger partial charge in [-0.3, -0.25) is 9.59 Å². The molecular formula is C16H20F2O6. The van der Waals surface area contributed by atoms with Gasteiger partial charge in [-0.05, 0) is 50.4 Å². The lowest BCUT2D eigenvalue weighted by Gasteiger charge is -2.59. The van der Waals surface area contributed by atoms with E-state index in [2.05, 4.69) is 4.74 Å². The van der Waals surface area contributed by atoms with E-state index >= 15 is 0 Å². The molecule has 4 rings (SSSR count). The van der Waals surface area contributed by atoms with Gasteiger partial charge in [0.25, 0.3) is 0 Å². The molecule has 0 aromatic heterocycles. The number of alkyl halides is 2. The first-order valence-corrected chi connectivity index (χ1v) is 7.99. The number of hydrogen-bond acceptors (Lipinski definition) is 5. The second kappa shape index (κ2) is 5.39. The molecule has 0 amide bonds. The molecular weight excluding hydrogens is 326 g/mol. The summed E-state index contributed by atoms with van der Waals surface area (Å²) in [5.41, 5.74) is -1.72. The third-order valence-electron chi connectivity index (χ3n) is 5.81. The number of halogens is 2. The maximum atomic E-state index is 13.2. The van der Waals surface area contributed by atoms with Crippen LogP contribution in [0.5, 0.6) is 0 Å². The third-order valence-corrected chi connectivity index (χ3v) is 5.81. The highest BCUT2D eigenvalue weighted by Crippen LogP contribution is 2.65. The highest BCUT2D eigenvalue weighted by molar-refractivity contribution is 5.83. The quantitative estimate of drug-likeness (QED) is 0.766. The van der Waals surface area contributed by atoms with Crippen LogP contribution in [-0.4, -0.2) is 42.7 Å². The zero-order valence-corrected chi connectivity index (χ0v) is 13.3. The van der Waals surface area contributed by atoms with Crippen molar-refractivity contribution >= 4 is 17.9 Å². The summed E-state index contributed by atoms with van der Waals surface area (Å²) in [4.78, 5) is 35.2. The second-order valence-electron chi connectivity index (χ2n) is 7.60. The first-order chi connectivity index (χ1) is 11.1. The Morgan fingerprint density at radius 2 is 1.58 bits per heavy atom. The predicted molar refractivity (Wildman–Crippen MR) is 75.1 cm³/mol. The number of methoxy groups -OCH3 is 1. The average molecular weight is 346 g/mol. The lowest BCUT2D eigenvalue weighted by atomic mass is 9.44. The van der Waals surface area contributed by atoms with Crippen LogP contribution in [0.15, 0.2) is 0 Å². The van der Waals surface area contributed by atoms with Gasteiger partial charge in [0.05, 0.1) is 17.9 Å². The Balaban J connectivity index is 1.79. The molecule has 4 aliphatic rings. The average Bonchev–Trinajstić information content (AvgIpc) is 2.50. The molecule has 6 nitrogen and oxygen atoms in total. The summed E-state index contributed by atoms with van der Waals surface area (Å²) in [6, 6.07) is 0. The molecule has 0 aromatic rings. The Kier molecular flexibility index (Phi) is 3.84. The van der Waals surface area contributed by atoms with E-state index in [4.69, 9.17) is 9.84 Å². The number of aliphatic carboxylic acids is 1. The molecule has 134 valence electrons. The molecule has 2 atom stereocenters. The lowest BCUT2D eigenvalue weighted by molar-refractivity contribution is -0.200. The summed E-state index contributed by atoms with van der Waals surface area (Å²) < 4.78 is 36.0. The Morgan fingerprint density at radius 3 is 2.04 bits per heavy atom. The molecule has 24 heavy (non-hydrogen) atoms. The van der Waals surface area contributed by atoms with Gasteiger partial charge in [0.2, 0.25) is 0 Å². The van der Waals surface area contributed by atoms with Crippen LogP contribution in [0.2, 0.25) is 0 Å². The van der Waals surface area contributed by atoms with Crippen LogP contribution in [0.1, 0.15) is 38.5 Å². The minimum atomic E-state index is -4.11. The van der Waals surface area contributed by atoms with Gasteiger partial charge >= 0.3 is 23.8 Å². The van der Waals surface area contributed by atoms with E-state index in [-0.39, 0.29) is 24.2 Å². The minimum Gasteiger partial charge on any atom is -0.477 e. The lowest BCUT2D eigenvalue weighted by Crippen LogP contribution is -2.58. The van der Waals surface area contributed by atoms with Crippen molar-refractivity contribution in [2.45, 2.75) is 44.4 Å². The molecule has 0 aromatic carbocycles. The summed E-state index contributed by atoms with van der Waals surface area (Å²) in [5, 5.41) is 8.43. The monoisotopic (exact) mass is 346 g/mol. The topological polar surface area (TPSA) is 89.9 Å². The number of carbonyl (C=O) groups excluding carboxylic acids is 2. The van der Waals surface area contributed by atoms with Gasteiger partial charge in [-0.15, -0.1) is 0 Å². The smallest absolute Gasteiger partial charge is 0.378 e. The highest BCUT2D eigenvalue weighted by atomic mass is 19.3. The highest BCUT2D eigenvalue weighted by Gasteiger charge is 2.64. The molecule has 4 aliphatic carbocycles. The van der Waals surface area contributed by atoms with Gasteiger partial charge in [0, 0.05) is 0 Å². The van der Waals surface area contributed by atoms with Crippen LogP contribution in [0, 0.1) is 22.7 Å². The summed E-state index contributed by atoms with van der Waals surface area (Å²) >= 11 is 0. The molecule has 2 unspecified atom stereocenters. The summed E-state index contributed by atoms with van der Waals surface area (Å²) in [6.45, 7) is -1.48. The van der Waals surface area contributed by atoms with Gasteiger partial charge in [-0.25, -0.2) is 4.79 Å².